The van der Waals surface area contributed by atoms with Crippen LogP contribution in [-0.2, 0) is 9.53 Å². The van der Waals surface area contributed by atoms with Crippen molar-refractivity contribution in [2.45, 2.75) is 85.0 Å². The van der Waals surface area contributed by atoms with E-state index in [1.54, 1.807) is 6.92 Å². The maximum absolute atomic E-state index is 11.6. The summed E-state index contributed by atoms with van der Waals surface area (Å²) >= 11 is 0. The molecule has 0 aromatic carbocycles. The SMILES string of the molecule is CC(C)CCCCCCCCCCC(=O)OCC(C)(CO)CO. The molecule has 0 rings (SSSR count). The molecule has 0 aliphatic rings. The molecule has 0 aromatic heterocycles. The van der Waals surface area contributed by atoms with Crippen LogP contribution in [0, 0.1) is 11.3 Å². The Hall–Kier alpha value is -0.610. The van der Waals surface area contributed by atoms with Gasteiger partial charge >= 0.3 is 5.97 Å². The fraction of sp³-hybridized carbons (Fsp3) is 0.947. The molecule has 0 bridgehead atoms. The molecule has 0 radical (unpaired) electrons. The van der Waals surface area contributed by atoms with Crippen LogP contribution in [0.2, 0.25) is 0 Å². The van der Waals surface area contributed by atoms with Crippen molar-refractivity contribution in [1.82, 2.24) is 0 Å². The summed E-state index contributed by atoms with van der Waals surface area (Å²) in [6.45, 7) is 5.96. The van der Waals surface area contributed by atoms with Gasteiger partial charge in [-0.25, -0.2) is 0 Å². The molecule has 0 heterocycles. The lowest BCUT2D eigenvalue weighted by molar-refractivity contribution is -0.149. The van der Waals surface area contributed by atoms with Crippen LogP contribution >= 0.6 is 0 Å². The Labute approximate surface area is 142 Å². The molecule has 0 spiro atoms. The van der Waals surface area contributed by atoms with Gasteiger partial charge in [-0.1, -0.05) is 72.1 Å². The molecular formula is C19H38O4. The Morgan fingerprint density at radius 2 is 1.39 bits per heavy atom. The standard InChI is InChI=1S/C19H38O4/c1-17(2)12-10-8-6-4-5-7-9-11-13-18(22)23-16-19(3,14-20)15-21/h17,20-21H,4-16H2,1-3H3. The maximum Gasteiger partial charge on any atom is 0.305 e. The van der Waals surface area contributed by atoms with Crippen molar-refractivity contribution in [3.05, 3.63) is 0 Å². The predicted molar refractivity (Wildman–Crippen MR) is 94.2 cm³/mol. The summed E-state index contributed by atoms with van der Waals surface area (Å²) < 4.78 is 5.12. The first-order valence-corrected chi connectivity index (χ1v) is 9.31. The number of aliphatic hydroxyl groups excluding tert-OH is 2. The summed E-state index contributed by atoms with van der Waals surface area (Å²) in [7, 11) is 0. The number of rotatable bonds is 15. The highest BCUT2D eigenvalue weighted by molar-refractivity contribution is 5.69. The van der Waals surface area contributed by atoms with Gasteiger partial charge in [-0.15, -0.1) is 0 Å². The average Bonchev–Trinajstić information content (AvgIpc) is 2.54. The summed E-state index contributed by atoms with van der Waals surface area (Å²) in [5, 5.41) is 18.2. The molecule has 0 fully saturated rings. The molecule has 138 valence electrons. The minimum atomic E-state index is -0.731. The van der Waals surface area contributed by atoms with E-state index in [0.717, 1.165) is 18.8 Å². The van der Waals surface area contributed by atoms with Crippen LogP contribution in [-0.4, -0.2) is 36.0 Å². The van der Waals surface area contributed by atoms with Crippen molar-refractivity contribution in [3.8, 4) is 0 Å². The van der Waals surface area contributed by atoms with E-state index in [9.17, 15) is 4.79 Å². The first kappa shape index (κ1) is 22.4. The van der Waals surface area contributed by atoms with Crippen LogP contribution in [0.25, 0.3) is 0 Å². The molecule has 23 heavy (non-hydrogen) atoms. The van der Waals surface area contributed by atoms with Gasteiger partial charge in [-0.2, -0.15) is 0 Å². The zero-order valence-corrected chi connectivity index (χ0v) is 15.5. The third-order valence-corrected chi connectivity index (χ3v) is 4.26. The number of ether oxygens (including phenoxy) is 1. The second-order valence-electron chi connectivity index (χ2n) is 7.55. The minimum Gasteiger partial charge on any atom is -0.465 e. The molecular weight excluding hydrogens is 292 g/mol. The van der Waals surface area contributed by atoms with Crippen molar-refractivity contribution in [2.24, 2.45) is 11.3 Å². The van der Waals surface area contributed by atoms with Gasteiger partial charge in [-0.3, -0.25) is 4.79 Å². The second-order valence-corrected chi connectivity index (χ2v) is 7.55. The summed E-state index contributed by atoms with van der Waals surface area (Å²) in [6, 6.07) is 0. The molecule has 0 saturated carbocycles. The van der Waals surface area contributed by atoms with Gasteiger partial charge < -0.3 is 14.9 Å². The molecule has 0 unspecified atom stereocenters. The molecule has 0 aromatic rings. The molecule has 0 amide bonds. The maximum atomic E-state index is 11.6. The van der Waals surface area contributed by atoms with Crippen molar-refractivity contribution in [2.75, 3.05) is 19.8 Å². The lowest BCUT2D eigenvalue weighted by Gasteiger charge is -2.23. The monoisotopic (exact) mass is 330 g/mol. The largest absolute Gasteiger partial charge is 0.465 e. The second kappa shape index (κ2) is 13.8. The van der Waals surface area contributed by atoms with Gasteiger partial charge in [0.2, 0.25) is 0 Å². The van der Waals surface area contributed by atoms with Crippen LogP contribution in [0.1, 0.15) is 85.0 Å². The number of unbranched alkanes of at least 4 members (excludes halogenated alkanes) is 7. The first-order valence-electron chi connectivity index (χ1n) is 9.31. The van der Waals surface area contributed by atoms with E-state index in [4.69, 9.17) is 14.9 Å². The van der Waals surface area contributed by atoms with Gasteiger partial charge in [0.25, 0.3) is 0 Å². The summed E-state index contributed by atoms with van der Waals surface area (Å²) in [4.78, 5) is 11.6. The highest BCUT2D eigenvalue weighted by Gasteiger charge is 2.24. The van der Waals surface area contributed by atoms with Gasteiger partial charge in [0.1, 0.15) is 6.61 Å². The van der Waals surface area contributed by atoms with Crippen LogP contribution < -0.4 is 0 Å². The zero-order chi connectivity index (χ0) is 17.6. The Balaban J connectivity index is 3.39. The first-order chi connectivity index (χ1) is 10.9. The van der Waals surface area contributed by atoms with Crippen LogP contribution in [0.15, 0.2) is 0 Å². The van der Waals surface area contributed by atoms with E-state index in [-0.39, 0.29) is 25.8 Å². The van der Waals surface area contributed by atoms with Gasteiger partial charge in [0.15, 0.2) is 0 Å². The van der Waals surface area contributed by atoms with E-state index in [1.165, 1.54) is 44.9 Å². The fourth-order valence-electron chi connectivity index (χ4n) is 2.35. The number of hydrogen-bond acceptors (Lipinski definition) is 4. The molecule has 0 aliphatic carbocycles. The predicted octanol–water partition coefficient (Wildman–Crippen LogP) is 4.08. The van der Waals surface area contributed by atoms with E-state index in [1.807, 2.05) is 0 Å². The summed E-state index contributed by atoms with van der Waals surface area (Å²) in [6.07, 6.45) is 11.5. The summed E-state index contributed by atoms with van der Waals surface area (Å²) in [5.41, 5.74) is -0.731. The Morgan fingerprint density at radius 1 is 0.913 bits per heavy atom. The molecule has 0 saturated heterocycles. The number of esters is 1. The Bertz CT molecular complexity index is 285. The molecule has 4 heteroatoms. The van der Waals surface area contributed by atoms with Gasteiger partial charge in [-0.05, 0) is 12.3 Å². The third kappa shape index (κ3) is 13.5. The molecule has 0 atom stereocenters. The molecule has 2 N–H and O–H groups in total. The topological polar surface area (TPSA) is 66.8 Å². The lowest BCUT2D eigenvalue weighted by Crippen LogP contribution is -2.32. The van der Waals surface area contributed by atoms with Crippen molar-refractivity contribution < 1.29 is 19.7 Å². The van der Waals surface area contributed by atoms with E-state index in [2.05, 4.69) is 13.8 Å². The Morgan fingerprint density at radius 3 is 1.87 bits per heavy atom. The number of hydrogen-bond donors (Lipinski definition) is 2. The van der Waals surface area contributed by atoms with Crippen LogP contribution in [0.5, 0.6) is 0 Å². The van der Waals surface area contributed by atoms with E-state index < -0.39 is 5.41 Å². The Kier molecular flexibility index (Phi) is 13.4. The highest BCUT2D eigenvalue weighted by Crippen LogP contribution is 2.16. The average molecular weight is 331 g/mol. The summed E-state index contributed by atoms with van der Waals surface area (Å²) in [5.74, 6) is 0.592. The third-order valence-electron chi connectivity index (χ3n) is 4.26. The fourth-order valence-corrected chi connectivity index (χ4v) is 2.35. The number of carbonyl (C=O) groups is 1. The lowest BCUT2D eigenvalue weighted by atomic mass is 9.94. The van der Waals surface area contributed by atoms with E-state index in [0.29, 0.717) is 6.42 Å². The smallest absolute Gasteiger partial charge is 0.305 e. The van der Waals surface area contributed by atoms with Crippen LogP contribution in [0.3, 0.4) is 0 Å². The highest BCUT2D eigenvalue weighted by atomic mass is 16.5. The molecule has 0 aliphatic heterocycles. The minimum absolute atomic E-state index is 0.0786. The normalized spacial score (nSPS) is 11.9. The quantitative estimate of drug-likeness (QED) is 0.351. The van der Waals surface area contributed by atoms with Crippen molar-refractivity contribution >= 4 is 5.97 Å². The number of aliphatic hydroxyl groups is 2. The van der Waals surface area contributed by atoms with Crippen molar-refractivity contribution in [1.29, 1.82) is 0 Å². The van der Waals surface area contributed by atoms with Crippen molar-refractivity contribution in [3.63, 3.8) is 0 Å². The molecule has 4 nitrogen and oxygen atoms in total. The van der Waals surface area contributed by atoms with Gasteiger partial charge in [0.05, 0.1) is 13.2 Å². The van der Waals surface area contributed by atoms with E-state index >= 15 is 0 Å². The van der Waals surface area contributed by atoms with Crippen LogP contribution in [0.4, 0.5) is 0 Å². The zero-order valence-electron chi connectivity index (χ0n) is 15.5. The number of carbonyl (C=O) groups excluding carboxylic acids is 1. The van der Waals surface area contributed by atoms with Gasteiger partial charge in [0, 0.05) is 11.8 Å².